The summed E-state index contributed by atoms with van der Waals surface area (Å²) in [5.74, 6) is 0. The Labute approximate surface area is 89.1 Å². The number of aliphatic hydroxyl groups excluding tert-OH is 2. The fraction of sp³-hybridized carbons (Fsp3) is 0.625. The summed E-state index contributed by atoms with van der Waals surface area (Å²) >= 11 is 0. The van der Waals surface area contributed by atoms with Crippen molar-refractivity contribution in [3.63, 3.8) is 0 Å². The van der Waals surface area contributed by atoms with Crippen molar-refractivity contribution in [1.29, 1.82) is 0 Å². The number of ether oxygens (including phenoxy) is 1. The van der Waals surface area contributed by atoms with Crippen LogP contribution in [-0.4, -0.2) is 43.8 Å². The van der Waals surface area contributed by atoms with Crippen LogP contribution in [0.25, 0.3) is 0 Å². The number of hydrogen-bond donors (Lipinski definition) is 3. The molecule has 88 valence electrons. The van der Waals surface area contributed by atoms with Gasteiger partial charge in [0.1, 0.15) is 12.3 Å². The van der Waals surface area contributed by atoms with Gasteiger partial charge in [-0.15, -0.1) is 0 Å². The van der Waals surface area contributed by atoms with E-state index in [0.717, 1.165) is 10.9 Å². The van der Waals surface area contributed by atoms with Crippen molar-refractivity contribution in [3.05, 3.63) is 27.0 Å². The summed E-state index contributed by atoms with van der Waals surface area (Å²) in [4.78, 5) is 24.1. The normalized spacial score (nSPS) is 29.5. The van der Waals surface area contributed by atoms with E-state index in [2.05, 4.69) is 5.10 Å². The van der Waals surface area contributed by atoms with Gasteiger partial charge in [-0.3, -0.25) is 9.78 Å². The van der Waals surface area contributed by atoms with Gasteiger partial charge in [0.25, 0.3) is 5.56 Å². The Morgan fingerprint density at radius 1 is 1.62 bits per heavy atom. The van der Waals surface area contributed by atoms with Crippen LogP contribution >= 0.6 is 0 Å². The van der Waals surface area contributed by atoms with E-state index in [1.54, 1.807) is 0 Å². The van der Waals surface area contributed by atoms with Gasteiger partial charge in [-0.25, -0.2) is 4.79 Å². The summed E-state index contributed by atoms with van der Waals surface area (Å²) in [7, 11) is 0. The Morgan fingerprint density at radius 3 is 2.94 bits per heavy atom. The van der Waals surface area contributed by atoms with E-state index in [0.29, 0.717) is 0 Å². The van der Waals surface area contributed by atoms with Crippen LogP contribution in [0.2, 0.25) is 0 Å². The first-order valence-electron chi connectivity index (χ1n) is 4.74. The van der Waals surface area contributed by atoms with Crippen LogP contribution in [0.15, 0.2) is 15.8 Å². The lowest BCUT2D eigenvalue weighted by Crippen LogP contribution is -2.37. The number of aromatic amines is 1. The maximum atomic E-state index is 11.4. The maximum Gasteiger partial charge on any atom is 0.347 e. The van der Waals surface area contributed by atoms with E-state index >= 15 is 0 Å². The zero-order valence-electron chi connectivity index (χ0n) is 8.24. The monoisotopic (exact) mass is 229 g/mol. The molecule has 0 aromatic carbocycles. The number of nitrogens with one attached hydrogen (secondary N) is 1. The van der Waals surface area contributed by atoms with Crippen LogP contribution in [0, 0.1) is 0 Å². The van der Waals surface area contributed by atoms with E-state index in [4.69, 9.17) is 9.84 Å². The van der Waals surface area contributed by atoms with Gasteiger partial charge in [-0.1, -0.05) is 0 Å². The topological polar surface area (TPSA) is 117 Å². The Bertz CT molecular complexity index is 481. The van der Waals surface area contributed by atoms with Gasteiger partial charge in [0.2, 0.25) is 0 Å². The first-order valence-corrected chi connectivity index (χ1v) is 4.74. The van der Waals surface area contributed by atoms with Crippen LogP contribution < -0.4 is 11.2 Å². The molecule has 1 fully saturated rings. The molecule has 1 aliphatic rings. The first-order chi connectivity index (χ1) is 7.61. The molecule has 1 unspecified atom stereocenters. The second-order valence-corrected chi connectivity index (χ2v) is 3.52. The molecule has 1 saturated heterocycles. The standard InChI is InChI=1S/C8H11N3O5/c12-3-4-1-5(13)7(16-4)11-8(15)10-6(14)2-9-11/h2,4-5,7,12-13H,1,3H2,(H,10,14,15)/t4-,5?,7+/m1/s1. The highest BCUT2D eigenvalue weighted by Gasteiger charge is 2.36. The van der Waals surface area contributed by atoms with Crippen LogP contribution in [0.3, 0.4) is 0 Å². The third kappa shape index (κ3) is 1.90. The predicted octanol–water partition coefficient (Wildman–Crippen LogP) is -2.43. The molecule has 0 saturated carbocycles. The van der Waals surface area contributed by atoms with Gasteiger partial charge in [-0.05, 0) is 0 Å². The molecule has 0 aliphatic carbocycles. The molecule has 1 aliphatic heterocycles. The molecule has 16 heavy (non-hydrogen) atoms. The summed E-state index contributed by atoms with van der Waals surface area (Å²) in [5, 5.41) is 22.0. The van der Waals surface area contributed by atoms with Gasteiger partial charge in [0, 0.05) is 6.42 Å². The summed E-state index contributed by atoms with van der Waals surface area (Å²) < 4.78 is 6.06. The summed E-state index contributed by atoms with van der Waals surface area (Å²) in [6.45, 7) is -0.244. The molecule has 0 amide bonds. The van der Waals surface area contributed by atoms with E-state index in [-0.39, 0.29) is 13.0 Å². The van der Waals surface area contributed by atoms with Gasteiger partial charge in [-0.2, -0.15) is 9.78 Å². The fourth-order valence-electron chi connectivity index (χ4n) is 1.61. The minimum atomic E-state index is -0.971. The number of rotatable bonds is 2. The molecule has 0 bridgehead atoms. The second kappa shape index (κ2) is 4.16. The van der Waals surface area contributed by atoms with E-state index < -0.39 is 29.7 Å². The molecule has 2 heterocycles. The molecule has 3 N–H and O–H groups in total. The summed E-state index contributed by atoms with van der Waals surface area (Å²) in [6.07, 6.45) is -1.30. The average Bonchev–Trinajstić information content (AvgIpc) is 2.60. The minimum Gasteiger partial charge on any atom is -0.394 e. The van der Waals surface area contributed by atoms with Crippen molar-refractivity contribution in [1.82, 2.24) is 14.8 Å². The smallest absolute Gasteiger partial charge is 0.347 e. The highest BCUT2D eigenvalue weighted by molar-refractivity contribution is 4.81. The summed E-state index contributed by atoms with van der Waals surface area (Å²) in [6, 6.07) is 0. The van der Waals surface area contributed by atoms with E-state index in [9.17, 15) is 14.7 Å². The van der Waals surface area contributed by atoms with Gasteiger partial charge in [0.15, 0.2) is 6.23 Å². The Morgan fingerprint density at radius 2 is 2.38 bits per heavy atom. The molecule has 8 nitrogen and oxygen atoms in total. The van der Waals surface area contributed by atoms with Gasteiger partial charge in [0.05, 0.1) is 12.7 Å². The number of H-pyrrole nitrogens is 1. The maximum absolute atomic E-state index is 11.4. The zero-order valence-corrected chi connectivity index (χ0v) is 8.24. The SMILES string of the molecule is O=c1cnn([C@H]2O[C@@H](CO)CC2O)c(=O)[nH]1. The van der Waals surface area contributed by atoms with Crippen molar-refractivity contribution < 1.29 is 14.9 Å². The number of aromatic nitrogens is 3. The lowest BCUT2D eigenvalue weighted by atomic mass is 10.2. The highest BCUT2D eigenvalue weighted by Crippen LogP contribution is 2.26. The van der Waals surface area contributed by atoms with Crippen molar-refractivity contribution in [2.24, 2.45) is 0 Å². The quantitative estimate of drug-likeness (QED) is 0.519. The summed E-state index contributed by atoms with van der Waals surface area (Å²) in [5.41, 5.74) is -1.37. The molecule has 0 spiro atoms. The van der Waals surface area contributed by atoms with E-state index in [1.165, 1.54) is 0 Å². The largest absolute Gasteiger partial charge is 0.394 e. The molecule has 1 aromatic rings. The number of hydrogen-bond acceptors (Lipinski definition) is 6. The lowest BCUT2D eigenvalue weighted by Gasteiger charge is -2.14. The van der Waals surface area contributed by atoms with Crippen LogP contribution in [0.5, 0.6) is 0 Å². The van der Waals surface area contributed by atoms with Crippen molar-refractivity contribution in [3.8, 4) is 0 Å². The number of aliphatic hydroxyl groups is 2. The second-order valence-electron chi connectivity index (χ2n) is 3.52. The van der Waals surface area contributed by atoms with Crippen LogP contribution in [-0.2, 0) is 4.74 Å². The molecule has 8 heteroatoms. The van der Waals surface area contributed by atoms with Crippen LogP contribution in [0.4, 0.5) is 0 Å². The Balaban J connectivity index is 2.31. The fourth-order valence-corrected chi connectivity index (χ4v) is 1.61. The third-order valence-corrected chi connectivity index (χ3v) is 2.35. The molecular formula is C8H11N3O5. The molecule has 1 aromatic heterocycles. The molecule has 0 radical (unpaired) electrons. The van der Waals surface area contributed by atoms with Gasteiger partial charge < -0.3 is 14.9 Å². The van der Waals surface area contributed by atoms with Crippen molar-refractivity contribution >= 4 is 0 Å². The van der Waals surface area contributed by atoms with Crippen molar-refractivity contribution in [2.75, 3.05) is 6.61 Å². The van der Waals surface area contributed by atoms with Crippen LogP contribution in [0.1, 0.15) is 12.6 Å². The number of nitrogens with zero attached hydrogens (tertiary/aromatic N) is 2. The highest BCUT2D eigenvalue weighted by atomic mass is 16.5. The average molecular weight is 229 g/mol. The van der Waals surface area contributed by atoms with E-state index in [1.807, 2.05) is 4.98 Å². The first kappa shape index (κ1) is 11.0. The third-order valence-electron chi connectivity index (χ3n) is 2.35. The molecular weight excluding hydrogens is 218 g/mol. The van der Waals surface area contributed by atoms with Crippen molar-refractivity contribution in [2.45, 2.75) is 24.9 Å². The minimum absolute atomic E-state index is 0.217. The predicted molar refractivity (Wildman–Crippen MR) is 50.7 cm³/mol. The Hall–Kier alpha value is -1.51. The van der Waals surface area contributed by atoms with Gasteiger partial charge >= 0.3 is 5.69 Å². The zero-order chi connectivity index (χ0) is 11.7. The molecule has 3 atom stereocenters. The molecule has 2 rings (SSSR count). The lowest BCUT2D eigenvalue weighted by molar-refractivity contribution is -0.0604. The Kier molecular flexibility index (Phi) is 2.86.